The van der Waals surface area contributed by atoms with Crippen LogP contribution in [0.4, 0.5) is 8.78 Å². The van der Waals surface area contributed by atoms with E-state index in [9.17, 15) is 28.6 Å². The first-order chi connectivity index (χ1) is 11.1. The number of ether oxygens (including phenoxy) is 2. The highest BCUT2D eigenvalue weighted by atomic mass is 19.2. The average molecular weight is 356 g/mol. The third kappa shape index (κ3) is 3.98. The molecule has 0 aromatic rings. The van der Waals surface area contributed by atoms with Gasteiger partial charge >= 0.3 is 11.8 Å². The lowest BCUT2D eigenvalue weighted by atomic mass is 9.86. The molecular weight excluding hydrogens is 334 g/mol. The lowest BCUT2D eigenvalue weighted by Crippen LogP contribution is -2.73. The Labute approximate surface area is 136 Å². The van der Waals surface area contributed by atoms with Crippen LogP contribution in [-0.2, 0) is 19.1 Å². The van der Waals surface area contributed by atoms with Crippen LogP contribution in [-0.4, -0.2) is 82.8 Å². The number of halogens is 2. The normalized spacial score (nSPS) is 35.8. The smallest absolute Gasteiger partial charge is 0.375 e. The highest BCUT2D eigenvalue weighted by molar-refractivity contribution is 5.79. The first kappa shape index (κ1) is 20.6. The Morgan fingerprint density at radius 2 is 2.04 bits per heavy atom. The van der Waals surface area contributed by atoms with E-state index in [-0.39, 0.29) is 6.61 Å². The standard InChI is InChI=1S/C13H22F2N2O7/c1-3-23-12(22)13(15)11(14)7(16)8(17-5(2)19)10(24-13)9(21)6(20)4-18/h6-11,18,20-21H,3-4,16H2,1-2H3,(H,17,19)/t6-,7?,8-,9-,10?,11?,13-/m1/s1. The molecule has 1 saturated heterocycles. The van der Waals surface area contributed by atoms with E-state index in [1.807, 2.05) is 0 Å². The molecule has 7 atom stereocenters. The monoisotopic (exact) mass is 356 g/mol. The summed E-state index contributed by atoms with van der Waals surface area (Å²) in [6.07, 6.45) is -8.29. The van der Waals surface area contributed by atoms with Crippen molar-refractivity contribution >= 4 is 11.9 Å². The van der Waals surface area contributed by atoms with Gasteiger partial charge in [0.25, 0.3) is 0 Å². The number of esters is 1. The molecule has 6 N–H and O–H groups in total. The number of hydrogen-bond donors (Lipinski definition) is 5. The summed E-state index contributed by atoms with van der Waals surface area (Å²) < 4.78 is 38.3. The molecule has 0 aromatic heterocycles. The molecule has 1 rings (SSSR count). The minimum absolute atomic E-state index is 0.266. The third-order valence-electron chi connectivity index (χ3n) is 3.61. The Hall–Kier alpha value is -1.40. The van der Waals surface area contributed by atoms with Gasteiger partial charge in [0.05, 0.1) is 25.3 Å². The molecule has 1 fully saturated rings. The van der Waals surface area contributed by atoms with Crippen molar-refractivity contribution in [1.29, 1.82) is 0 Å². The van der Waals surface area contributed by atoms with Crippen LogP contribution in [0.2, 0.25) is 0 Å². The number of rotatable bonds is 6. The van der Waals surface area contributed by atoms with E-state index >= 15 is 0 Å². The number of hydrogen-bond acceptors (Lipinski definition) is 8. The van der Waals surface area contributed by atoms with E-state index in [1.165, 1.54) is 6.92 Å². The molecule has 1 aliphatic heterocycles. The predicted octanol–water partition coefficient (Wildman–Crippen LogP) is -2.50. The maximum atomic E-state index is 14.8. The summed E-state index contributed by atoms with van der Waals surface area (Å²) in [5.41, 5.74) is 5.58. The van der Waals surface area contributed by atoms with Gasteiger partial charge in [-0.15, -0.1) is 0 Å². The molecule has 24 heavy (non-hydrogen) atoms. The number of amides is 1. The molecule has 0 spiro atoms. The number of aliphatic hydroxyl groups is 3. The largest absolute Gasteiger partial charge is 0.462 e. The summed E-state index contributed by atoms with van der Waals surface area (Å²) >= 11 is 0. The van der Waals surface area contributed by atoms with Crippen molar-refractivity contribution in [3.05, 3.63) is 0 Å². The summed E-state index contributed by atoms with van der Waals surface area (Å²) in [5, 5.41) is 30.6. The minimum atomic E-state index is -3.63. The number of carbonyl (C=O) groups excluding carboxylic acids is 2. The summed E-state index contributed by atoms with van der Waals surface area (Å²) in [6.45, 7) is 1.23. The average Bonchev–Trinajstić information content (AvgIpc) is 2.53. The predicted molar refractivity (Wildman–Crippen MR) is 74.9 cm³/mol. The molecule has 140 valence electrons. The number of nitrogens with two attached hydrogens (primary N) is 1. The van der Waals surface area contributed by atoms with Gasteiger partial charge < -0.3 is 35.8 Å². The zero-order valence-corrected chi connectivity index (χ0v) is 13.2. The second-order valence-electron chi connectivity index (χ2n) is 5.39. The maximum Gasteiger partial charge on any atom is 0.375 e. The molecule has 0 saturated carbocycles. The molecule has 9 nitrogen and oxygen atoms in total. The second kappa shape index (κ2) is 8.12. The molecule has 0 aromatic carbocycles. The van der Waals surface area contributed by atoms with Gasteiger partial charge in [0.2, 0.25) is 5.91 Å². The van der Waals surface area contributed by atoms with Crippen molar-refractivity contribution in [2.24, 2.45) is 5.73 Å². The van der Waals surface area contributed by atoms with Gasteiger partial charge in [-0.2, -0.15) is 4.39 Å². The summed E-state index contributed by atoms with van der Waals surface area (Å²) in [6, 6.07) is -3.25. The van der Waals surface area contributed by atoms with Gasteiger partial charge in [0.1, 0.15) is 18.3 Å². The minimum Gasteiger partial charge on any atom is -0.462 e. The van der Waals surface area contributed by atoms with Crippen molar-refractivity contribution < 1.29 is 43.2 Å². The van der Waals surface area contributed by atoms with Crippen LogP contribution in [0.25, 0.3) is 0 Å². The highest BCUT2D eigenvalue weighted by Crippen LogP contribution is 2.35. The topological polar surface area (TPSA) is 151 Å². The molecule has 1 aliphatic rings. The first-order valence-electron chi connectivity index (χ1n) is 7.27. The van der Waals surface area contributed by atoms with Crippen molar-refractivity contribution in [3.8, 4) is 0 Å². The highest BCUT2D eigenvalue weighted by Gasteiger charge is 2.62. The van der Waals surface area contributed by atoms with Crippen LogP contribution in [0.5, 0.6) is 0 Å². The van der Waals surface area contributed by atoms with Crippen LogP contribution in [0.3, 0.4) is 0 Å². The van der Waals surface area contributed by atoms with E-state index in [2.05, 4.69) is 10.1 Å². The molecule has 1 heterocycles. The Balaban J connectivity index is 3.21. The van der Waals surface area contributed by atoms with Gasteiger partial charge in [0.15, 0.2) is 6.17 Å². The third-order valence-corrected chi connectivity index (χ3v) is 3.61. The number of aliphatic hydroxyl groups excluding tert-OH is 3. The lowest BCUT2D eigenvalue weighted by Gasteiger charge is -2.46. The molecule has 0 bridgehead atoms. The van der Waals surface area contributed by atoms with Crippen molar-refractivity contribution in [3.63, 3.8) is 0 Å². The van der Waals surface area contributed by atoms with Crippen LogP contribution in [0, 0.1) is 0 Å². The van der Waals surface area contributed by atoms with Crippen molar-refractivity contribution in [1.82, 2.24) is 5.32 Å². The van der Waals surface area contributed by atoms with E-state index in [1.54, 1.807) is 0 Å². The van der Waals surface area contributed by atoms with Crippen molar-refractivity contribution in [2.45, 2.75) is 56.3 Å². The molecule has 3 unspecified atom stereocenters. The lowest BCUT2D eigenvalue weighted by molar-refractivity contribution is -0.278. The van der Waals surface area contributed by atoms with Gasteiger partial charge in [-0.3, -0.25) is 4.79 Å². The number of carbonyl (C=O) groups is 2. The van der Waals surface area contributed by atoms with Crippen LogP contribution in [0.15, 0.2) is 0 Å². The molecule has 11 heteroatoms. The van der Waals surface area contributed by atoms with E-state index in [0.717, 1.165) is 6.92 Å². The fourth-order valence-electron chi connectivity index (χ4n) is 2.40. The van der Waals surface area contributed by atoms with Crippen LogP contribution < -0.4 is 11.1 Å². The number of nitrogens with one attached hydrogen (secondary N) is 1. The van der Waals surface area contributed by atoms with E-state index in [0.29, 0.717) is 0 Å². The van der Waals surface area contributed by atoms with Gasteiger partial charge in [-0.1, -0.05) is 0 Å². The van der Waals surface area contributed by atoms with Gasteiger partial charge in [0, 0.05) is 6.92 Å². The van der Waals surface area contributed by atoms with Crippen molar-refractivity contribution in [2.75, 3.05) is 13.2 Å². The molecule has 0 aliphatic carbocycles. The van der Waals surface area contributed by atoms with Crippen LogP contribution in [0.1, 0.15) is 13.8 Å². The zero-order valence-electron chi connectivity index (χ0n) is 13.2. The van der Waals surface area contributed by atoms with Gasteiger partial charge in [-0.25, -0.2) is 9.18 Å². The summed E-state index contributed by atoms with van der Waals surface area (Å²) in [5.74, 6) is -6.01. The Bertz CT molecular complexity index is 470. The van der Waals surface area contributed by atoms with E-state index < -0.39 is 60.9 Å². The maximum absolute atomic E-state index is 14.8. The molecule has 1 amide bonds. The first-order valence-corrected chi connectivity index (χ1v) is 7.27. The second-order valence-corrected chi connectivity index (χ2v) is 5.39. The SMILES string of the molecule is CCOC(=O)[C@]1(F)OC([C@H](O)[C@H](O)CO)[C@H](NC(C)=O)C(N)C1F. The van der Waals surface area contributed by atoms with E-state index in [4.69, 9.17) is 15.6 Å². The summed E-state index contributed by atoms with van der Waals surface area (Å²) in [7, 11) is 0. The van der Waals surface area contributed by atoms with Gasteiger partial charge in [-0.05, 0) is 6.92 Å². The zero-order chi connectivity index (χ0) is 18.7. The molecule has 0 radical (unpaired) electrons. The quantitative estimate of drug-likeness (QED) is 0.328. The Morgan fingerprint density at radius 1 is 1.46 bits per heavy atom. The Kier molecular flexibility index (Phi) is 6.98. The summed E-state index contributed by atoms with van der Waals surface area (Å²) in [4.78, 5) is 23.0. The fourth-order valence-corrected chi connectivity index (χ4v) is 2.40. The van der Waals surface area contributed by atoms with Crippen LogP contribution >= 0.6 is 0 Å². The Morgan fingerprint density at radius 3 is 2.50 bits per heavy atom. The fraction of sp³-hybridized carbons (Fsp3) is 0.846. The number of alkyl halides is 2. The molecular formula is C13H22F2N2O7.